The number of halogens is 1. The van der Waals surface area contributed by atoms with Gasteiger partial charge in [-0.1, -0.05) is 12.1 Å². The number of nitrogens with zero attached hydrogens (tertiary/aromatic N) is 2. The van der Waals surface area contributed by atoms with Gasteiger partial charge >= 0.3 is 0 Å². The highest BCUT2D eigenvalue weighted by Crippen LogP contribution is 2.11. The Morgan fingerprint density at radius 2 is 2.00 bits per heavy atom. The van der Waals surface area contributed by atoms with Gasteiger partial charge in [0.25, 0.3) is 5.91 Å². The Bertz CT molecular complexity index is 785. The highest BCUT2D eigenvalue weighted by atomic mass is 127. The molecule has 1 atom stereocenters. The van der Waals surface area contributed by atoms with E-state index in [-0.39, 0.29) is 29.9 Å². The summed E-state index contributed by atoms with van der Waals surface area (Å²) in [5.74, 6) is 2.24. The Morgan fingerprint density at radius 1 is 1.20 bits per heavy atom. The average Bonchev–Trinajstić information content (AvgIpc) is 3.43. The zero-order valence-corrected chi connectivity index (χ0v) is 19.9. The molecular formula is C22H31IN4O3. The summed E-state index contributed by atoms with van der Waals surface area (Å²) in [6.45, 7) is 3.74. The first kappa shape index (κ1) is 24.2. The summed E-state index contributed by atoms with van der Waals surface area (Å²) in [5.41, 5.74) is 1.73. The maximum Gasteiger partial charge on any atom is 0.253 e. The van der Waals surface area contributed by atoms with Crippen LogP contribution in [0.5, 0.6) is 0 Å². The highest BCUT2D eigenvalue weighted by molar-refractivity contribution is 14.0. The number of benzene rings is 1. The maximum absolute atomic E-state index is 12.0. The fourth-order valence-corrected chi connectivity index (χ4v) is 3.10. The molecular weight excluding hydrogens is 495 g/mol. The predicted octanol–water partition coefficient (Wildman–Crippen LogP) is 2.91. The molecule has 30 heavy (non-hydrogen) atoms. The van der Waals surface area contributed by atoms with E-state index in [2.05, 4.69) is 10.6 Å². The number of ether oxygens (including phenoxy) is 1. The average molecular weight is 526 g/mol. The van der Waals surface area contributed by atoms with Gasteiger partial charge in [-0.2, -0.15) is 0 Å². The molecule has 1 aliphatic rings. The Hall–Kier alpha value is -2.07. The molecule has 1 aliphatic heterocycles. The highest BCUT2D eigenvalue weighted by Gasteiger charge is 2.15. The third-order valence-corrected chi connectivity index (χ3v) is 4.85. The first-order valence-corrected chi connectivity index (χ1v) is 10.0. The van der Waals surface area contributed by atoms with E-state index in [4.69, 9.17) is 14.1 Å². The molecule has 3 rings (SSSR count). The van der Waals surface area contributed by atoms with Crippen molar-refractivity contribution in [3.8, 4) is 0 Å². The van der Waals surface area contributed by atoms with E-state index >= 15 is 0 Å². The largest absolute Gasteiger partial charge is 0.469 e. The van der Waals surface area contributed by atoms with Crippen LogP contribution in [-0.2, 0) is 17.7 Å². The number of hydrogen-bond donors (Lipinski definition) is 2. The van der Waals surface area contributed by atoms with Crippen LogP contribution >= 0.6 is 24.0 Å². The van der Waals surface area contributed by atoms with Crippen LogP contribution in [0.1, 0.15) is 28.1 Å². The molecule has 7 nitrogen and oxygen atoms in total. The van der Waals surface area contributed by atoms with Crippen molar-refractivity contribution < 1.29 is 13.9 Å². The van der Waals surface area contributed by atoms with E-state index in [1.807, 2.05) is 36.4 Å². The molecule has 2 N–H and O–H groups in total. The SMILES string of the molecule is CN(C)C(=O)c1ccc(CN=C(NCCc2ccco2)NCC2CCOC2)cc1.I. The number of amides is 1. The lowest BCUT2D eigenvalue weighted by Gasteiger charge is -2.15. The molecule has 1 aromatic carbocycles. The first-order valence-electron chi connectivity index (χ1n) is 10.0. The number of hydrogen-bond acceptors (Lipinski definition) is 4. The van der Waals surface area contributed by atoms with Gasteiger partial charge in [0.05, 0.1) is 19.4 Å². The minimum Gasteiger partial charge on any atom is -0.469 e. The van der Waals surface area contributed by atoms with Gasteiger partial charge in [-0.05, 0) is 36.2 Å². The van der Waals surface area contributed by atoms with Crippen molar-refractivity contribution >= 4 is 35.8 Å². The summed E-state index contributed by atoms with van der Waals surface area (Å²) in [4.78, 5) is 18.3. The second-order valence-corrected chi connectivity index (χ2v) is 7.43. The van der Waals surface area contributed by atoms with Gasteiger partial charge in [-0.3, -0.25) is 4.79 Å². The van der Waals surface area contributed by atoms with Crippen LogP contribution in [-0.4, -0.2) is 57.2 Å². The van der Waals surface area contributed by atoms with Crippen molar-refractivity contribution in [2.24, 2.45) is 10.9 Å². The van der Waals surface area contributed by atoms with Crippen molar-refractivity contribution in [3.05, 3.63) is 59.5 Å². The fraction of sp³-hybridized carbons (Fsp3) is 0.455. The lowest BCUT2D eigenvalue weighted by Crippen LogP contribution is -2.40. The third kappa shape index (κ3) is 7.64. The summed E-state index contributed by atoms with van der Waals surface area (Å²) in [7, 11) is 3.50. The Labute approximate surface area is 195 Å². The number of nitrogens with one attached hydrogen (secondary N) is 2. The van der Waals surface area contributed by atoms with Gasteiger partial charge < -0.3 is 24.7 Å². The predicted molar refractivity (Wildman–Crippen MR) is 128 cm³/mol. The summed E-state index contributed by atoms with van der Waals surface area (Å²) in [6.07, 6.45) is 3.56. The van der Waals surface area contributed by atoms with E-state index in [1.54, 1.807) is 25.3 Å². The number of guanidine groups is 1. The lowest BCUT2D eigenvalue weighted by molar-refractivity contribution is 0.0827. The van der Waals surface area contributed by atoms with Gasteiger partial charge in [0, 0.05) is 51.7 Å². The molecule has 0 radical (unpaired) electrons. The fourth-order valence-electron chi connectivity index (χ4n) is 3.10. The molecule has 2 heterocycles. The second-order valence-electron chi connectivity index (χ2n) is 7.43. The molecule has 1 aromatic heterocycles. The van der Waals surface area contributed by atoms with Crippen molar-refractivity contribution in [2.45, 2.75) is 19.4 Å². The van der Waals surface area contributed by atoms with E-state index in [9.17, 15) is 4.79 Å². The molecule has 0 bridgehead atoms. The lowest BCUT2D eigenvalue weighted by atomic mass is 10.1. The van der Waals surface area contributed by atoms with Crippen LogP contribution in [0.3, 0.4) is 0 Å². The Morgan fingerprint density at radius 3 is 2.63 bits per heavy atom. The standard InChI is InChI=1S/C22H30N4O3.HI/c1-26(2)21(27)19-7-5-17(6-8-19)14-24-22(25-15-18-10-13-28-16-18)23-11-9-20-4-3-12-29-20;/h3-8,12,18H,9-11,13-16H2,1-2H3,(H2,23,24,25);1H. The zero-order valence-electron chi connectivity index (χ0n) is 17.6. The number of furan rings is 1. The molecule has 1 unspecified atom stereocenters. The van der Waals surface area contributed by atoms with Crippen molar-refractivity contribution in [2.75, 3.05) is 40.4 Å². The Kier molecular flexibility index (Phi) is 10.2. The van der Waals surface area contributed by atoms with Crippen LogP contribution in [0.25, 0.3) is 0 Å². The molecule has 0 saturated carbocycles. The molecule has 2 aromatic rings. The second kappa shape index (κ2) is 12.6. The molecule has 1 fully saturated rings. The molecule has 1 amide bonds. The van der Waals surface area contributed by atoms with Crippen LogP contribution in [0.4, 0.5) is 0 Å². The minimum absolute atomic E-state index is 0. The molecule has 0 spiro atoms. The summed E-state index contributed by atoms with van der Waals surface area (Å²) >= 11 is 0. The minimum atomic E-state index is 0. The van der Waals surface area contributed by atoms with E-state index in [1.165, 1.54) is 0 Å². The van der Waals surface area contributed by atoms with Gasteiger partial charge in [-0.25, -0.2) is 4.99 Å². The molecule has 0 aliphatic carbocycles. The van der Waals surface area contributed by atoms with Crippen molar-refractivity contribution in [1.29, 1.82) is 0 Å². The van der Waals surface area contributed by atoms with Crippen LogP contribution in [0.2, 0.25) is 0 Å². The molecule has 1 saturated heterocycles. The van der Waals surface area contributed by atoms with Gasteiger partial charge in [-0.15, -0.1) is 24.0 Å². The van der Waals surface area contributed by atoms with Gasteiger partial charge in [0.2, 0.25) is 0 Å². The van der Waals surface area contributed by atoms with E-state index in [0.717, 1.165) is 56.4 Å². The summed E-state index contributed by atoms with van der Waals surface area (Å²) < 4.78 is 10.8. The molecule has 8 heteroatoms. The quantitative estimate of drug-likeness (QED) is 0.314. The van der Waals surface area contributed by atoms with Crippen molar-refractivity contribution in [1.82, 2.24) is 15.5 Å². The first-order chi connectivity index (χ1) is 14.1. The number of carbonyl (C=O) groups is 1. The smallest absolute Gasteiger partial charge is 0.253 e. The number of aliphatic imine (C=N–C) groups is 1. The van der Waals surface area contributed by atoms with E-state index in [0.29, 0.717) is 18.0 Å². The number of rotatable bonds is 8. The van der Waals surface area contributed by atoms with E-state index < -0.39 is 0 Å². The summed E-state index contributed by atoms with van der Waals surface area (Å²) in [5, 5.41) is 6.80. The van der Waals surface area contributed by atoms with Crippen molar-refractivity contribution in [3.63, 3.8) is 0 Å². The van der Waals surface area contributed by atoms with Gasteiger partial charge in [0.1, 0.15) is 5.76 Å². The van der Waals surface area contributed by atoms with Crippen LogP contribution in [0.15, 0.2) is 52.1 Å². The topological polar surface area (TPSA) is 79.1 Å². The maximum atomic E-state index is 12.0. The normalized spacial score (nSPS) is 16.1. The summed E-state index contributed by atoms with van der Waals surface area (Å²) in [6, 6.07) is 11.5. The monoisotopic (exact) mass is 526 g/mol. The number of carbonyl (C=O) groups excluding carboxylic acids is 1. The van der Waals surface area contributed by atoms with Crippen LogP contribution in [0, 0.1) is 5.92 Å². The zero-order chi connectivity index (χ0) is 20.5. The molecule has 164 valence electrons. The Balaban J connectivity index is 0.00000320. The third-order valence-electron chi connectivity index (χ3n) is 4.85. The van der Waals surface area contributed by atoms with Crippen LogP contribution < -0.4 is 10.6 Å². The van der Waals surface area contributed by atoms with Gasteiger partial charge in [0.15, 0.2) is 5.96 Å².